The number of benzene rings is 3. The Morgan fingerprint density at radius 1 is 0.821 bits per heavy atom. The van der Waals surface area contributed by atoms with Crippen LogP contribution in [0, 0.1) is 0 Å². The van der Waals surface area contributed by atoms with E-state index >= 15 is 0 Å². The van der Waals surface area contributed by atoms with E-state index in [0.717, 1.165) is 17.9 Å². The fourth-order valence-electron chi connectivity index (χ4n) is 3.43. The minimum atomic E-state index is 0.0475. The van der Waals surface area contributed by atoms with E-state index in [1.54, 1.807) is 0 Å². The van der Waals surface area contributed by atoms with E-state index in [-0.39, 0.29) is 11.7 Å². The van der Waals surface area contributed by atoms with E-state index < -0.39 is 0 Å². The predicted octanol–water partition coefficient (Wildman–Crippen LogP) is 4.86. The lowest BCUT2D eigenvalue weighted by Crippen LogP contribution is -2.35. The minimum Gasteiger partial charge on any atom is -0.334 e. The van der Waals surface area contributed by atoms with Crippen molar-refractivity contribution in [3.8, 4) is 0 Å². The Morgan fingerprint density at radius 3 is 2.36 bits per heavy atom. The zero-order valence-electron chi connectivity index (χ0n) is 15.5. The summed E-state index contributed by atoms with van der Waals surface area (Å²) in [6.07, 6.45) is 0.891. The van der Waals surface area contributed by atoms with Gasteiger partial charge in [-0.25, -0.2) is 0 Å². The topological polar surface area (TPSA) is 37.4 Å². The largest absolute Gasteiger partial charge is 0.334 e. The molecule has 0 fully saturated rings. The number of hydrogen-bond acceptors (Lipinski definition) is 3. The number of Topliss-reactive ketones (excluding diaryl/α,β-unsaturated/α-hetero) is 1. The second-order valence-corrected chi connectivity index (χ2v) is 7.90. The van der Waals surface area contributed by atoms with Gasteiger partial charge in [0.15, 0.2) is 5.78 Å². The number of carbonyl (C=O) groups excluding carboxylic acids is 2. The quantitative estimate of drug-likeness (QED) is 0.463. The van der Waals surface area contributed by atoms with Crippen LogP contribution in [-0.4, -0.2) is 28.9 Å². The van der Waals surface area contributed by atoms with Crippen molar-refractivity contribution in [3.63, 3.8) is 0 Å². The van der Waals surface area contributed by atoms with Crippen LogP contribution in [0.25, 0.3) is 0 Å². The highest BCUT2D eigenvalue weighted by Gasteiger charge is 2.21. The average molecular weight is 388 g/mol. The third-order valence-corrected chi connectivity index (χ3v) is 5.96. The molecule has 0 atom stereocenters. The normalized spacial score (nSPS) is 13.1. The smallest absolute Gasteiger partial charge is 0.254 e. The first-order valence-electron chi connectivity index (χ1n) is 9.38. The molecular weight excluding hydrogens is 366 g/mol. The molecule has 0 spiro atoms. The van der Waals surface area contributed by atoms with Gasteiger partial charge in [0.1, 0.15) is 0 Å². The number of hydrogen-bond donors (Lipinski definition) is 0. The van der Waals surface area contributed by atoms with Crippen LogP contribution in [0.5, 0.6) is 0 Å². The zero-order valence-corrected chi connectivity index (χ0v) is 16.3. The molecule has 28 heavy (non-hydrogen) atoms. The molecule has 4 rings (SSSR count). The van der Waals surface area contributed by atoms with Gasteiger partial charge in [0, 0.05) is 29.1 Å². The van der Waals surface area contributed by atoms with Crippen LogP contribution < -0.4 is 0 Å². The molecule has 0 saturated carbocycles. The number of nitrogens with zero attached hydrogens (tertiary/aromatic N) is 1. The van der Waals surface area contributed by atoms with Gasteiger partial charge in [-0.15, -0.1) is 11.8 Å². The van der Waals surface area contributed by atoms with Gasteiger partial charge in [0.05, 0.1) is 5.75 Å². The van der Waals surface area contributed by atoms with E-state index in [2.05, 4.69) is 12.1 Å². The molecule has 0 unspecified atom stereocenters. The minimum absolute atomic E-state index is 0.0475. The van der Waals surface area contributed by atoms with Crippen molar-refractivity contribution in [3.05, 3.63) is 101 Å². The first kappa shape index (κ1) is 18.5. The van der Waals surface area contributed by atoms with Gasteiger partial charge in [-0.3, -0.25) is 9.59 Å². The first-order valence-corrected chi connectivity index (χ1v) is 10.4. The Bertz CT molecular complexity index is 1000. The molecule has 0 saturated heterocycles. The fourth-order valence-corrected chi connectivity index (χ4v) is 4.28. The molecule has 0 N–H and O–H groups in total. The lowest BCUT2D eigenvalue weighted by Gasteiger charge is -2.29. The molecule has 4 heteroatoms. The lowest BCUT2D eigenvalue weighted by molar-refractivity contribution is 0.0734. The molecule has 3 aromatic rings. The van der Waals surface area contributed by atoms with Crippen molar-refractivity contribution >= 4 is 23.5 Å². The third kappa shape index (κ3) is 4.18. The summed E-state index contributed by atoms with van der Waals surface area (Å²) in [5, 5.41) is 0. The summed E-state index contributed by atoms with van der Waals surface area (Å²) in [4.78, 5) is 28.1. The maximum absolute atomic E-state index is 13.0. The fraction of sp³-hybridized carbons (Fsp3) is 0.167. The highest BCUT2D eigenvalue weighted by molar-refractivity contribution is 8.00. The zero-order chi connectivity index (χ0) is 19.3. The van der Waals surface area contributed by atoms with Gasteiger partial charge in [0.2, 0.25) is 0 Å². The summed E-state index contributed by atoms with van der Waals surface area (Å²) in [6.45, 7) is 1.39. The number of amides is 1. The molecule has 1 aliphatic rings. The van der Waals surface area contributed by atoms with Gasteiger partial charge in [-0.2, -0.15) is 0 Å². The van der Waals surface area contributed by atoms with E-state index in [1.165, 1.54) is 22.9 Å². The second kappa shape index (κ2) is 8.44. The molecule has 1 heterocycles. The van der Waals surface area contributed by atoms with Crippen molar-refractivity contribution < 1.29 is 9.59 Å². The van der Waals surface area contributed by atoms with Crippen molar-refractivity contribution in [1.29, 1.82) is 0 Å². The number of carbonyl (C=O) groups is 2. The number of thioether (sulfide) groups is 1. The Balaban J connectivity index is 1.42. The van der Waals surface area contributed by atoms with Crippen LogP contribution in [0.3, 0.4) is 0 Å². The molecule has 3 nitrogen and oxygen atoms in total. The summed E-state index contributed by atoms with van der Waals surface area (Å²) in [6, 6.07) is 25.2. The van der Waals surface area contributed by atoms with Crippen molar-refractivity contribution in [2.45, 2.75) is 17.9 Å². The maximum Gasteiger partial charge on any atom is 0.254 e. The van der Waals surface area contributed by atoms with Crippen molar-refractivity contribution in [2.75, 3.05) is 12.3 Å². The highest BCUT2D eigenvalue weighted by Crippen LogP contribution is 2.24. The Kier molecular flexibility index (Phi) is 5.58. The van der Waals surface area contributed by atoms with Gasteiger partial charge < -0.3 is 4.90 Å². The summed E-state index contributed by atoms with van der Waals surface area (Å²) >= 11 is 1.47. The monoisotopic (exact) mass is 387 g/mol. The SMILES string of the molecule is O=C(CSc1cccc(C(=O)N2CCc3ccccc3C2)c1)c1ccccc1. The molecule has 140 valence electrons. The van der Waals surface area contributed by atoms with Gasteiger partial charge >= 0.3 is 0 Å². The Labute approximate surface area is 169 Å². The highest BCUT2D eigenvalue weighted by atomic mass is 32.2. The van der Waals surface area contributed by atoms with Crippen LogP contribution in [0.1, 0.15) is 31.8 Å². The lowest BCUT2D eigenvalue weighted by atomic mass is 9.99. The third-order valence-electron chi connectivity index (χ3n) is 4.96. The molecule has 0 aromatic heterocycles. The van der Waals surface area contributed by atoms with Gasteiger partial charge in [0.25, 0.3) is 5.91 Å². The van der Waals surface area contributed by atoms with Gasteiger partial charge in [-0.1, -0.05) is 60.7 Å². The number of rotatable bonds is 5. The summed E-state index contributed by atoms with van der Waals surface area (Å²) in [5.41, 5.74) is 3.95. The summed E-state index contributed by atoms with van der Waals surface area (Å²) in [7, 11) is 0. The molecule has 0 radical (unpaired) electrons. The van der Waals surface area contributed by atoms with Gasteiger partial charge in [-0.05, 0) is 35.7 Å². The Morgan fingerprint density at radius 2 is 1.54 bits per heavy atom. The molecule has 0 aliphatic carbocycles. The van der Waals surface area contributed by atoms with Crippen molar-refractivity contribution in [1.82, 2.24) is 4.90 Å². The average Bonchev–Trinajstić information content (AvgIpc) is 2.77. The predicted molar refractivity (Wildman–Crippen MR) is 113 cm³/mol. The summed E-state index contributed by atoms with van der Waals surface area (Å²) in [5.74, 6) is 0.500. The second-order valence-electron chi connectivity index (χ2n) is 6.85. The van der Waals surface area contributed by atoms with E-state index in [1.807, 2.05) is 71.6 Å². The first-order chi connectivity index (χ1) is 13.7. The maximum atomic E-state index is 13.0. The molecule has 3 aromatic carbocycles. The molecule has 1 aliphatic heterocycles. The van der Waals surface area contributed by atoms with E-state index in [9.17, 15) is 9.59 Å². The van der Waals surface area contributed by atoms with E-state index in [4.69, 9.17) is 0 Å². The standard InChI is InChI=1S/C24H21NO2S/c26-23(19-8-2-1-3-9-19)17-28-22-12-6-11-20(15-22)24(27)25-14-13-18-7-4-5-10-21(18)16-25/h1-12,15H,13-14,16-17H2. The molecule has 0 bridgehead atoms. The van der Waals surface area contributed by atoms with Crippen LogP contribution in [-0.2, 0) is 13.0 Å². The Hall–Kier alpha value is -2.85. The van der Waals surface area contributed by atoms with Crippen LogP contribution >= 0.6 is 11.8 Å². The van der Waals surface area contributed by atoms with E-state index in [0.29, 0.717) is 23.4 Å². The number of fused-ring (bicyclic) bond motifs is 1. The molecule has 1 amide bonds. The van der Waals surface area contributed by atoms with Crippen LogP contribution in [0.15, 0.2) is 83.8 Å². The number of ketones is 1. The molecular formula is C24H21NO2S. The van der Waals surface area contributed by atoms with Crippen molar-refractivity contribution in [2.24, 2.45) is 0 Å². The summed E-state index contributed by atoms with van der Waals surface area (Å²) < 4.78 is 0. The van der Waals surface area contributed by atoms with Crippen LogP contribution in [0.2, 0.25) is 0 Å². The van der Waals surface area contributed by atoms with Crippen LogP contribution in [0.4, 0.5) is 0 Å².